The minimum atomic E-state index is -0.474. The molecule has 0 N–H and O–H groups in total. The Morgan fingerprint density at radius 2 is 2.10 bits per heavy atom. The van der Waals surface area contributed by atoms with Crippen LogP contribution in [0, 0.1) is 15.9 Å². The molecular formula is C21H18FN5O3S. The number of hydrogen-bond acceptors (Lipinski definition) is 6. The Labute approximate surface area is 181 Å². The number of hydrogen-bond donors (Lipinski definition) is 0. The minimum Gasteiger partial charge on any atom is -0.311 e. The Morgan fingerprint density at radius 3 is 2.84 bits per heavy atom. The third kappa shape index (κ3) is 4.06. The topological polar surface area (TPSA) is 94.2 Å². The summed E-state index contributed by atoms with van der Waals surface area (Å²) in [6.07, 6.45) is 2.29. The lowest BCUT2D eigenvalue weighted by molar-refractivity contribution is -0.384. The molecule has 0 bridgehead atoms. The molecule has 158 valence electrons. The Balaban J connectivity index is 1.54. The van der Waals surface area contributed by atoms with E-state index in [0.717, 1.165) is 5.56 Å². The molecule has 0 atom stereocenters. The maximum absolute atomic E-state index is 14.2. The van der Waals surface area contributed by atoms with Crippen LogP contribution in [0.1, 0.15) is 5.56 Å². The molecule has 2 aromatic carbocycles. The van der Waals surface area contributed by atoms with Gasteiger partial charge in [0.25, 0.3) is 5.69 Å². The highest BCUT2D eigenvalue weighted by Crippen LogP contribution is 2.33. The highest BCUT2D eigenvalue weighted by molar-refractivity contribution is 7.99. The van der Waals surface area contributed by atoms with Crippen molar-refractivity contribution in [1.82, 2.24) is 14.8 Å². The molecule has 8 nitrogen and oxygen atoms in total. The van der Waals surface area contributed by atoms with Crippen LogP contribution in [0.15, 0.2) is 60.3 Å². The van der Waals surface area contributed by atoms with E-state index in [9.17, 15) is 19.3 Å². The SMILES string of the molecule is C=CCn1c(SCC(=O)N2CCc3ccc([N+](=O)[O-])cc32)nnc1-c1ccccc1F. The summed E-state index contributed by atoms with van der Waals surface area (Å²) < 4.78 is 15.9. The molecule has 1 amide bonds. The van der Waals surface area contributed by atoms with Crippen molar-refractivity contribution >= 4 is 29.0 Å². The van der Waals surface area contributed by atoms with Crippen molar-refractivity contribution in [3.8, 4) is 11.4 Å². The number of thioether (sulfide) groups is 1. The Bertz CT molecular complexity index is 1180. The van der Waals surface area contributed by atoms with Crippen molar-refractivity contribution in [2.24, 2.45) is 0 Å². The first kappa shape index (κ1) is 20.7. The highest BCUT2D eigenvalue weighted by atomic mass is 32.2. The van der Waals surface area contributed by atoms with E-state index in [0.29, 0.717) is 41.7 Å². The van der Waals surface area contributed by atoms with Crippen molar-refractivity contribution < 1.29 is 14.1 Å². The van der Waals surface area contributed by atoms with E-state index < -0.39 is 10.7 Å². The van der Waals surface area contributed by atoms with Crippen LogP contribution in [0.4, 0.5) is 15.8 Å². The molecule has 1 aliphatic rings. The molecule has 1 aliphatic heterocycles. The molecule has 31 heavy (non-hydrogen) atoms. The summed E-state index contributed by atoms with van der Waals surface area (Å²) in [6, 6.07) is 10.8. The number of anilines is 1. The van der Waals surface area contributed by atoms with E-state index in [4.69, 9.17) is 0 Å². The average molecular weight is 439 g/mol. The molecule has 0 saturated carbocycles. The summed E-state index contributed by atoms with van der Waals surface area (Å²) in [7, 11) is 0. The molecule has 0 fully saturated rings. The zero-order valence-electron chi connectivity index (χ0n) is 16.4. The molecule has 2 heterocycles. The van der Waals surface area contributed by atoms with E-state index in [2.05, 4.69) is 16.8 Å². The Hall–Kier alpha value is -3.53. The second-order valence-corrected chi connectivity index (χ2v) is 7.78. The lowest BCUT2D eigenvalue weighted by Crippen LogP contribution is -2.30. The normalized spacial score (nSPS) is 12.6. The first-order valence-corrected chi connectivity index (χ1v) is 10.5. The van der Waals surface area contributed by atoms with Crippen molar-refractivity contribution in [1.29, 1.82) is 0 Å². The number of benzene rings is 2. The molecule has 0 saturated heterocycles. The number of allylic oxidation sites excluding steroid dienone is 1. The number of amides is 1. The predicted octanol–water partition coefficient (Wildman–Crippen LogP) is 3.86. The zero-order chi connectivity index (χ0) is 22.0. The van der Waals surface area contributed by atoms with Crippen molar-refractivity contribution in [3.05, 3.63) is 76.6 Å². The summed E-state index contributed by atoms with van der Waals surface area (Å²) in [5.74, 6) is -0.183. The summed E-state index contributed by atoms with van der Waals surface area (Å²) in [5, 5.41) is 19.8. The smallest absolute Gasteiger partial charge is 0.271 e. The second kappa shape index (κ2) is 8.68. The number of nitro groups is 1. The number of fused-ring (bicyclic) bond motifs is 1. The third-order valence-corrected chi connectivity index (χ3v) is 5.90. The van der Waals surface area contributed by atoms with Crippen LogP contribution in [0.3, 0.4) is 0 Å². The second-order valence-electron chi connectivity index (χ2n) is 6.84. The number of carbonyl (C=O) groups excluding carboxylic acids is 1. The molecule has 0 spiro atoms. The molecule has 0 radical (unpaired) electrons. The number of halogens is 1. The Morgan fingerprint density at radius 1 is 1.29 bits per heavy atom. The molecule has 10 heteroatoms. The summed E-state index contributed by atoms with van der Waals surface area (Å²) in [4.78, 5) is 25.0. The van der Waals surface area contributed by atoms with Crippen LogP contribution in [0.2, 0.25) is 0 Å². The van der Waals surface area contributed by atoms with Gasteiger partial charge in [-0.05, 0) is 24.1 Å². The van der Waals surface area contributed by atoms with Gasteiger partial charge >= 0.3 is 0 Å². The molecular weight excluding hydrogens is 421 g/mol. The van der Waals surface area contributed by atoms with Gasteiger partial charge in [0.1, 0.15) is 5.82 Å². The number of nitrogens with zero attached hydrogens (tertiary/aromatic N) is 5. The largest absolute Gasteiger partial charge is 0.311 e. The predicted molar refractivity (Wildman–Crippen MR) is 115 cm³/mol. The van der Waals surface area contributed by atoms with E-state index in [1.807, 2.05) is 0 Å². The maximum atomic E-state index is 14.2. The molecule has 1 aromatic heterocycles. The molecule has 0 aliphatic carbocycles. The van der Waals surface area contributed by atoms with E-state index in [-0.39, 0.29) is 17.3 Å². The fraction of sp³-hybridized carbons (Fsp3) is 0.190. The fourth-order valence-electron chi connectivity index (χ4n) is 3.48. The Kier molecular flexibility index (Phi) is 5.81. The van der Waals surface area contributed by atoms with E-state index in [1.54, 1.807) is 39.8 Å². The van der Waals surface area contributed by atoms with Crippen molar-refractivity contribution in [3.63, 3.8) is 0 Å². The highest BCUT2D eigenvalue weighted by Gasteiger charge is 2.27. The average Bonchev–Trinajstić information content (AvgIpc) is 3.36. The van der Waals surface area contributed by atoms with Gasteiger partial charge in [-0.1, -0.05) is 36.0 Å². The third-order valence-electron chi connectivity index (χ3n) is 4.94. The van der Waals surface area contributed by atoms with Crippen LogP contribution < -0.4 is 4.90 Å². The summed E-state index contributed by atoms with van der Waals surface area (Å²) in [5.41, 5.74) is 1.74. The number of non-ortho nitro benzene ring substituents is 1. The minimum absolute atomic E-state index is 0.0497. The zero-order valence-corrected chi connectivity index (χ0v) is 17.2. The lowest BCUT2D eigenvalue weighted by atomic mass is 10.1. The monoisotopic (exact) mass is 439 g/mol. The van der Waals surface area contributed by atoms with Gasteiger partial charge < -0.3 is 4.90 Å². The quantitative estimate of drug-likeness (QED) is 0.240. The molecule has 4 rings (SSSR count). The van der Waals surface area contributed by atoms with Crippen LogP contribution in [-0.4, -0.2) is 37.9 Å². The number of nitro benzene ring substituents is 1. The number of aromatic nitrogens is 3. The maximum Gasteiger partial charge on any atom is 0.271 e. The first-order chi connectivity index (χ1) is 15.0. The number of carbonyl (C=O) groups is 1. The first-order valence-electron chi connectivity index (χ1n) is 9.49. The van der Waals surface area contributed by atoms with Gasteiger partial charge in [-0.15, -0.1) is 16.8 Å². The number of rotatable bonds is 7. The lowest BCUT2D eigenvalue weighted by Gasteiger charge is -2.17. The van der Waals surface area contributed by atoms with Gasteiger partial charge in [0.15, 0.2) is 11.0 Å². The van der Waals surface area contributed by atoms with Crippen molar-refractivity contribution in [2.45, 2.75) is 18.1 Å². The van der Waals surface area contributed by atoms with Crippen molar-refractivity contribution in [2.75, 3.05) is 17.2 Å². The van der Waals surface area contributed by atoms with Crippen LogP contribution in [-0.2, 0) is 17.8 Å². The van der Waals surface area contributed by atoms with E-state index >= 15 is 0 Å². The molecule has 0 unspecified atom stereocenters. The van der Waals surface area contributed by atoms with Gasteiger partial charge in [-0.2, -0.15) is 0 Å². The molecule has 3 aromatic rings. The van der Waals surface area contributed by atoms with Gasteiger partial charge in [0.2, 0.25) is 5.91 Å². The van der Waals surface area contributed by atoms with Gasteiger partial charge in [-0.3, -0.25) is 19.5 Å². The van der Waals surface area contributed by atoms with Gasteiger partial charge in [0.05, 0.1) is 21.9 Å². The van der Waals surface area contributed by atoms with Crippen LogP contribution >= 0.6 is 11.8 Å². The fourth-order valence-corrected chi connectivity index (χ4v) is 4.30. The summed E-state index contributed by atoms with van der Waals surface area (Å²) in [6.45, 7) is 4.55. The summed E-state index contributed by atoms with van der Waals surface area (Å²) >= 11 is 1.18. The standard InChI is InChI=1S/C21H18FN5O3S/c1-2-10-26-20(16-5-3-4-6-17(16)22)23-24-21(26)31-13-19(28)25-11-9-14-7-8-15(27(29)30)12-18(14)25/h2-8,12H,1,9-11,13H2. The van der Waals surface area contributed by atoms with E-state index in [1.165, 1.54) is 30.0 Å². The van der Waals surface area contributed by atoms with Crippen LogP contribution in [0.25, 0.3) is 11.4 Å². The van der Waals surface area contributed by atoms with Crippen LogP contribution in [0.5, 0.6) is 0 Å². The van der Waals surface area contributed by atoms with Gasteiger partial charge in [0, 0.05) is 25.2 Å². The van der Waals surface area contributed by atoms with Gasteiger partial charge in [-0.25, -0.2) is 4.39 Å².